The Bertz CT molecular complexity index is 751. The topological polar surface area (TPSA) is 61.6 Å². The van der Waals surface area contributed by atoms with E-state index in [2.05, 4.69) is 47.2 Å². The predicted octanol–water partition coefficient (Wildman–Crippen LogP) is 2.65. The van der Waals surface area contributed by atoms with Crippen molar-refractivity contribution in [2.75, 3.05) is 48.7 Å². The molecular formula is C20H26N4O. The number of benzene rings is 2. The molecule has 0 radical (unpaired) electrons. The van der Waals surface area contributed by atoms with Crippen LogP contribution in [0.5, 0.6) is 0 Å². The van der Waals surface area contributed by atoms with Gasteiger partial charge in [-0.15, -0.1) is 0 Å². The van der Waals surface area contributed by atoms with Gasteiger partial charge < -0.3 is 16.0 Å². The van der Waals surface area contributed by atoms with Crippen LogP contribution in [0, 0.1) is 13.8 Å². The first kappa shape index (κ1) is 17.3. The number of hydrogen-bond donors (Lipinski definition) is 2. The molecule has 3 N–H and O–H groups in total. The smallest absolute Gasteiger partial charge is 0.238 e. The highest BCUT2D eigenvalue weighted by molar-refractivity contribution is 5.92. The Kier molecular flexibility index (Phi) is 5.24. The second-order valence-corrected chi connectivity index (χ2v) is 6.66. The molecule has 0 unspecified atom stereocenters. The van der Waals surface area contributed by atoms with Crippen molar-refractivity contribution in [2.45, 2.75) is 13.8 Å². The van der Waals surface area contributed by atoms with Gasteiger partial charge in [0.15, 0.2) is 0 Å². The second kappa shape index (κ2) is 7.57. The average Bonchev–Trinajstić information content (AvgIpc) is 2.58. The Morgan fingerprint density at radius 3 is 2.52 bits per heavy atom. The van der Waals surface area contributed by atoms with E-state index in [4.69, 9.17) is 5.73 Å². The number of nitrogens with one attached hydrogen (secondary N) is 1. The summed E-state index contributed by atoms with van der Waals surface area (Å²) < 4.78 is 0. The van der Waals surface area contributed by atoms with E-state index in [1.54, 1.807) is 6.07 Å². The number of nitrogens with two attached hydrogens (primary N) is 1. The summed E-state index contributed by atoms with van der Waals surface area (Å²) in [6.07, 6.45) is 0. The number of nitrogen functional groups attached to an aromatic ring is 1. The fraction of sp³-hybridized carbons (Fsp3) is 0.350. The molecule has 2 aromatic carbocycles. The fourth-order valence-corrected chi connectivity index (χ4v) is 3.25. The highest BCUT2D eigenvalue weighted by Gasteiger charge is 2.20. The Labute approximate surface area is 149 Å². The first-order valence-electron chi connectivity index (χ1n) is 8.72. The van der Waals surface area contributed by atoms with Crippen LogP contribution in [0.15, 0.2) is 42.5 Å². The SMILES string of the molecule is Cc1cccc(N2CCN(CC(=O)Nc3cccc(N)c3)CC2)c1C. The molecule has 0 atom stereocenters. The molecular weight excluding hydrogens is 312 g/mol. The Morgan fingerprint density at radius 2 is 1.80 bits per heavy atom. The lowest BCUT2D eigenvalue weighted by Gasteiger charge is -2.36. The van der Waals surface area contributed by atoms with Crippen molar-refractivity contribution in [3.63, 3.8) is 0 Å². The Hall–Kier alpha value is -2.53. The molecule has 1 fully saturated rings. The molecule has 0 aliphatic carbocycles. The number of carbonyl (C=O) groups excluding carboxylic acids is 1. The minimum absolute atomic E-state index is 0.00536. The summed E-state index contributed by atoms with van der Waals surface area (Å²) >= 11 is 0. The van der Waals surface area contributed by atoms with Gasteiger partial charge in [-0.3, -0.25) is 9.69 Å². The Balaban J connectivity index is 1.52. The number of piperazine rings is 1. The fourth-order valence-electron chi connectivity index (χ4n) is 3.25. The van der Waals surface area contributed by atoms with E-state index in [9.17, 15) is 4.79 Å². The molecule has 5 nitrogen and oxygen atoms in total. The van der Waals surface area contributed by atoms with Gasteiger partial charge >= 0.3 is 0 Å². The molecule has 0 saturated carbocycles. The minimum atomic E-state index is 0.00536. The van der Waals surface area contributed by atoms with E-state index < -0.39 is 0 Å². The predicted molar refractivity (Wildman–Crippen MR) is 104 cm³/mol. The summed E-state index contributed by atoms with van der Waals surface area (Å²) in [5.74, 6) is 0.00536. The maximum absolute atomic E-state index is 12.2. The molecule has 5 heteroatoms. The zero-order valence-corrected chi connectivity index (χ0v) is 15.0. The first-order valence-corrected chi connectivity index (χ1v) is 8.72. The molecule has 1 saturated heterocycles. The lowest BCUT2D eigenvalue weighted by atomic mass is 10.1. The van der Waals surface area contributed by atoms with Crippen LogP contribution < -0.4 is 16.0 Å². The van der Waals surface area contributed by atoms with Crippen LogP contribution in [-0.4, -0.2) is 43.5 Å². The van der Waals surface area contributed by atoms with Crippen LogP contribution in [-0.2, 0) is 4.79 Å². The van der Waals surface area contributed by atoms with Gasteiger partial charge in [0.25, 0.3) is 0 Å². The lowest BCUT2D eigenvalue weighted by molar-refractivity contribution is -0.117. The number of amides is 1. The van der Waals surface area contributed by atoms with Gasteiger partial charge in [0, 0.05) is 43.2 Å². The molecule has 0 bridgehead atoms. The number of aryl methyl sites for hydroxylation is 1. The molecule has 132 valence electrons. The maximum atomic E-state index is 12.2. The van der Waals surface area contributed by atoms with Crippen molar-refractivity contribution in [1.29, 1.82) is 0 Å². The van der Waals surface area contributed by atoms with E-state index in [0.29, 0.717) is 12.2 Å². The number of rotatable bonds is 4. The van der Waals surface area contributed by atoms with Gasteiger partial charge in [0.05, 0.1) is 6.54 Å². The number of nitrogens with zero attached hydrogens (tertiary/aromatic N) is 2. The van der Waals surface area contributed by atoms with Crippen LogP contribution in [0.1, 0.15) is 11.1 Å². The molecule has 0 spiro atoms. The van der Waals surface area contributed by atoms with Gasteiger partial charge in [0.2, 0.25) is 5.91 Å². The molecule has 1 heterocycles. The van der Waals surface area contributed by atoms with Gasteiger partial charge in [-0.05, 0) is 49.2 Å². The summed E-state index contributed by atoms with van der Waals surface area (Å²) in [5, 5.41) is 2.92. The maximum Gasteiger partial charge on any atom is 0.238 e. The third kappa shape index (κ3) is 4.31. The third-order valence-electron chi connectivity index (χ3n) is 4.83. The number of carbonyl (C=O) groups is 1. The van der Waals surface area contributed by atoms with Gasteiger partial charge in [0.1, 0.15) is 0 Å². The van der Waals surface area contributed by atoms with E-state index in [0.717, 1.165) is 31.9 Å². The van der Waals surface area contributed by atoms with Crippen LogP contribution in [0.25, 0.3) is 0 Å². The quantitative estimate of drug-likeness (QED) is 0.842. The Morgan fingerprint density at radius 1 is 1.08 bits per heavy atom. The summed E-state index contributed by atoms with van der Waals surface area (Å²) in [5.41, 5.74) is 11.1. The molecule has 0 aromatic heterocycles. The van der Waals surface area contributed by atoms with E-state index >= 15 is 0 Å². The van der Waals surface area contributed by atoms with Crippen LogP contribution in [0.3, 0.4) is 0 Å². The van der Waals surface area contributed by atoms with Crippen LogP contribution in [0.4, 0.5) is 17.1 Å². The van der Waals surface area contributed by atoms with Crippen molar-refractivity contribution < 1.29 is 4.79 Å². The highest BCUT2D eigenvalue weighted by Crippen LogP contribution is 2.23. The monoisotopic (exact) mass is 338 g/mol. The van der Waals surface area contributed by atoms with Crippen LogP contribution in [0.2, 0.25) is 0 Å². The summed E-state index contributed by atoms with van der Waals surface area (Å²) in [6.45, 7) is 8.39. The zero-order valence-electron chi connectivity index (χ0n) is 15.0. The average molecular weight is 338 g/mol. The largest absolute Gasteiger partial charge is 0.399 e. The van der Waals surface area contributed by atoms with E-state index in [1.165, 1.54) is 16.8 Å². The lowest BCUT2D eigenvalue weighted by Crippen LogP contribution is -2.48. The van der Waals surface area contributed by atoms with Crippen LogP contribution >= 0.6 is 0 Å². The van der Waals surface area contributed by atoms with Gasteiger partial charge in [-0.25, -0.2) is 0 Å². The van der Waals surface area contributed by atoms with Crippen molar-refractivity contribution in [1.82, 2.24) is 4.90 Å². The molecule has 1 amide bonds. The van der Waals surface area contributed by atoms with Crippen molar-refractivity contribution in [3.05, 3.63) is 53.6 Å². The number of anilines is 3. The van der Waals surface area contributed by atoms with Gasteiger partial charge in [-0.1, -0.05) is 18.2 Å². The molecule has 3 rings (SSSR count). The number of hydrogen-bond acceptors (Lipinski definition) is 4. The third-order valence-corrected chi connectivity index (χ3v) is 4.83. The van der Waals surface area contributed by atoms with E-state index in [-0.39, 0.29) is 5.91 Å². The zero-order chi connectivity index (χ0) is 17.8. The minimum Gasteiger partial charge on any atom is -0.399 e. The normalized spacial score (nSPS) is 15.2. The molecule has 1 aliphatic rings. The van der Waals surface area contributed by atoms with Crippen molar-refractivity contribution >= 4 is 23.0 Å². The molecule has 2 aromatic rings. The molecule has 1 aliphatic heterocycles. The highest BCUT2D eigenvalue weighted by atomic mass is 16.2. The first-order chi connectivity index (χ1) is 12.0. The van der Waals surface area contributed by atoms with Crippen molar-refractivity contribution in [3.8, 4) is 0 Å². The van der Waals surface area contributed by atoms with Gasteiger partial charge in [-0.2, -0.15) is 0 Å². The summed E-state index contributed by atoms with van der Waals surface area (Å²) in [7, 11) is 0. The summed E-state index contributed by atoms with van der Waals surface area (Å²) in [6, 6.07) is 13.7. The second-order valence-electron chi connectivity index (χ2n) is 6.66. The standard InChI is InChI=1S/C20H26N4O/c1-15-5-3-8-19(16(15)2)24-11-9-23(10-12-24)14-20(25)22-18-7-4-6-17(21)13-18/h3-8,13H,9-12,14,21H2,1-2H3,(H,22,25). The molecule has 25 heavy (non-hydrogen) atoms. The van der Waals surface area contributed by atoms with E-state index in [1.807, 2.05) is 18.2 Å². The van der Waals surface area contributed by atoms with Crippen molar-refractivity contribution in [2.24, 2.45) is 0 Å². The summed E-state index contributed by atoms with van der Waals surface area (Å²) in [4.78, 5) is 16.8.